The second-order valence-corrected chi connectivity index (χ2v) is 6.15. The van der Waals surface area contributed by atoms with Crippen LogP contribution in [-0.2, 0) is 0 Å². The average Bonchev–Trinajstić information content (AvgIpc) is 2.30. The van der Waals surface area contributed by atoms with Crippen molar-refractivity contribution in [2.45, 2.75) is 20.8 Å². The molecule has 2 nitrogen and oxygen atoms in total. The maximum absolute atomic E-state index is 8.92. The van der Waals surface area contributed by atoms with Gasteiger partial charge < -0.3 is 10.2 Å². The van der Waals surface area contributed by atoms with Crippen molar-refractivity contribution in [3.63, 3.8) is 0 Å². The van der Waals surface area contributed by atoms with E-state index < -0.39 is 7.92 Å². The Morgan fingerprint density at radius 2 is 1.39 bits per heavy atom. The van der Waals surface area contributed by atoms with Crippen LogP contribution < -0.4 is 5.30 Å². The summed E-state index contributed by atoms with van der Waals surface area (Å²) in [5.74, 6) is 4.07. The van der Waals surface area contributed by atoms with E-state index in [-0.39, 0.29) is 13.2 Å². The lowest BCUT2D eigenvalue weighted by molar-refractivity contribution is 0.343. The Labute approximate surface area is 110 Å². The van der Waals surface area contributed by atoms with E-state index in [4.69, 9.17) is 10.2 Å². The normalized spacial score (nSPS) is 13.6. The van der Waals surface area contributed by atoms with Gasteiger partial charge in [-0.15, -0.1) is 0 Å². The van der Waals surface area contributed by atoms with Gasteiger partial charge in [-0.05, 0) is 45.1 Å². The van der Waals surface area contributed by atoms with E-state index in [2.05, 4.69) is 32.9 Å². The molecule has 0 aliphatic heterocycles. The first kappa shape index (κ1) is 15.1. The molecule has 98 valence electrons. The van der Waals surface area contributed by atoms with Gasteiger partial charge in [-0.3, -0.25) is 0 Å². The smallest absolute Gasteiger partial charge is 0.0616 e. The van der Waals surface area contributed by atoms with E-state index in [0.29, 0.717) is 0 Å². The lowest BCUT2D eigenvalue weighted by Crippen LogP contribution is -2.08. The molecule has 0 amide bonds. The first-order valence-corrected chi connectivity index (χ1v) is 7.49. The van der Waals surface area contributed by atoms with Crippen LogP contribution in [0.4, 0.5) is 0 Å². The van der Waals surface area contributed by atoms with Crippen molar-refractivity contribution in [3.8, 4) is 0 Å². The summed E-state index contributed by atoms with van der Waals surface area (Å²) >= 11 is 0. The second-order valence-electron chi connectivity index (χ2n) is 4.29. The zero-order chi connectivity index (χ0) is 13.5. The average molecular weight is 264 g/mol. The summed E-state index contributed by atoms with van der Waals surface area (Å²) in [4.78, 5) is 0. The minimum Gasteiger partial charge on any atom is -0.392 e. The van der Waals surface area contributed by atoms with Crippen LogP contribution in [0.25, 0.3) is 0 Å². The number of aliphatic hydroxyl groups is 2. The van der Waals surface area contributed by atoms with Crippen molar-refractivity contribution >= 4 is 13.2 Å². The Morgan fingerprint density at radius 3 is 1.78 bits per heavy atom. The molecule has 3 heteroatoms. The van der Waals surface area contributed by atoms with Gasteiger partial charge in [-0.2, -0.15) is 0 Å². The van der Waals surface area contributed by atoms with Crippen molar-refractivity contribution < 1.29 is 10.2 Å². The van der Waals surface area contributed by atoms with E-state index >= 15 is 0 Å². The highest BCUT2D eigenvalue weighted by Crippen LogP contribution is 2.40. The molecule has 0 heterocycles. The molecular weight excluding hydrogens is 243 g/mol. The molecule has 0 aliphatic carbocycles. The monoisotopic (exact) mass is 264 g/mol. The van der Waals surface area contributed by atoms with Gasteiger partial charge in [0.1, 0.15) is 0 Å². The Morgan fingerprint density at radius 1 is 0.944 bits per heavy atom. The molecule has 2 N–H and O–H groups in total. The molecule has 0 aromatic heterocycles. The van der Waals surface area contributed by atoms with Crippen LogP contribution in [0.3, 0.4) is 0 Å². The quantitative estimate of drug-likeness (QED) is 0.803. The van der Waals surface area contributed by atoms with Crippen LogP contribution in [0.2, 0.25) is 0 Å². The minimum atomic E-state index is -0.603. The topological polar surface area (TPSA) is 40.5 Å². The summed E-state index contributed by atoms with van der Waals surface area (Å²) in [6, 6.07) is 4.36. The van der Waals surface area contributed by atoms with Crippen molar-refractivity contribution in [1.82, 2.24) is 0 Å². The molecule has 0 unspecified atom stereocenters. The third kappa shape index (κ3) is 4.06. The fraction of sp³-hybridized carbons (Fsp3) is 0.333. The van der Waals surface area contributed by atoms with E-state index in [1.165, 1.54) is 22.0 Å². The van der Waals surface area contributed by atoms with Gasteiger partial charge in [0.15, 0.2) is 0 Å². The minimum absolute atomic E-state index is 0.0513. The molecule has 0 radical (unpaired) electrons. The third-order valence-corrected chi connectivity index (χ3v) is 4.92. The fourth-order valence-electron chi connectivity index (χ4n) is 2.10. The van der Waals surface area contributed by atoms with Crippen LogP contribution in [0, 0.1) is 20.8 Å². The molecule has 1 aromatic rings. The van der Waals surface area contributed by atoms with E-state index in [9.17, 15) is 0 Å². The Bertz CT molecular complexity index is 413. The Hall–Kier alpha value is -0.950. The van der Waals surface area contributed by atoms with E-state index in [0.717, 1.165) is 0 Å². The van der Waals surface area contributed by atoms with Crippen LogP contribution in [0.5, 0.6) is 0 Å². The van der Waals surface area contributed by atoms with Crippen LogP contribution in [-0.4, -0.2) is 23.4 Å². The highest BCUT2D eigenvalue weighted by atomic mass is 31.1. The number of aryl methyl sites for hydroxylation is 3. The van der Waals surface area contributed by atoms with Gasteiger partial charge in [-0.25, -0.2) is 0 Å². The summed E-state index contributed by atoms with van der Waals surface area (Å²) < 4.78 is 0. The van der Waals surface area contributed by atoms with Crippen molar-refractivity contribution in [2.75, 3.05) is 13.2 Å². The molecule has 0 saturated heterocycles. The molecule has 1 rings (SSSR count). The van der Waals surface area contributed by atoms with Crippen molar-refractivity contribution in [1.29, 1.82) is 0 Å². The second kappa shape index (κ2) is 7.48. The summed E-state index contributed by atoms with van der Waals surface area (Å²) in [6.07, 6.45) is 3.54. The summed E-state index contributed by atoms with van der Waals surface area (Å²) in [5, 5.41) is 19.2. The van der Waals surface area contributed by atoms with Gasteiger partial charge >= 0.3 is 0 Å². The Balaban J connectivity index is 3.20. The van der Waals surface area contributed by atoms with Gasteiger partial charge in [0, 0.05) is 0 Å². The third-order valence-electron chi connectivity index (χ3n) is 2.64. The highest BCUT2D eigenvalue weighted by Gasteiger charge is 2.10. The summed E-state index contributed by atoms with van der Waals surface area (Å²) in [7, 11) is -0.603. The summed E-state index contributed by atoms with van der Waals surface area (Å²) in [6.45, 7) is 6.43. The molecule has 0 atom stereocenters. The number of aliphatic hydroxyl groups excluding tert-OH is 2. The van der Waals surface area contributed by atoms with Crippen LogP contribution >= 0.6 is 7.92 Å². The molecule has 0 saturated carbocycles. The number of hydrogen-bond donors (Lipinski definition) is 2. The van der Waals surface area contributed by atoms with E-state index in [1.807, 2.05) is 11.6 Å². The van der Waals surface area contributed by atoms with Crippen molar-refractivity contribution in [2.24, 2.45) is 0 Å². The van der Waals surface area contributed by atoms with Gasteiger partial charge in [0.05, 0.1) is 13.2 Å². The molecule has 0 bridgehead atoms. The summed E-state index contributed by atoms with van der Waals surface area (Å²) in [5.41, 5.74) is 3.80. The maximum Gasteiger partial charge on any atom is 0.0616 e. The molecule has 0 aliphatic rings. The maximum atomic E-state index is 8.92. The number of hydrogen-bond acceptors (Lipinski definition) is 2. The SMILES string of the molecule is Cc1cc(C)c(P(C=CCO)C=CCO)c(C)c1. The predicted octanol–water partition coefficient (Wildman–Crippen LogP) is 2.73. The zero-order valence-electron chi connectivity index (χ0n) is 11.2. The standard InChI is InChI=1S/C15H21O2P/c1-12-10-13(2)15(14(3)11-12)18(8-4-6-16)9-5-7-17/h4-5,8-11,16-17H,6-7H2,1-3H3. The molecule has 18 heavy (non-hydrogen) atoms. The van der Waals surface area contributed by atoms with Gasteiger partial charge in [0.25, 0.3) is 0 Å². The fourth-order valence-corrected chi connectivity index (χ4v) is 4.08. The molecule has 1 aromatic carbocycles. The largest absolute Gasteiger partial charge is 0.392 e. The lowest BCUT2D eigenvalue weighted by Gasteiger charge is -2.16. The predicted molar refractivity (Wildman–Crippen MR) is 79.7 cm³/mol. The van der Waals surface area contributed by atoms with Crippen LogP contribution in [0.15, 0.2) is 35.9 Å². The number of rotatable bonds is 5. The molecular formula is C15H21O2P. The first-order valence-electron chi connectivity index (χ1n) is 6.01. The Kier molecular flexibility index (Phi) is 6.28. The van der Waals surface area contributed by atoms with Gasteiger partial charge in [-0.1, -0.05) is 41.5 Å². The molecule has 0 spiro atoms. The lowest BCUT2D eigenvalue weighted by atomic mass is 10.1. The zero-order valence-corrected chi connectivity index (χ0v) is 12.1. The van der Waals surface area contributed by atoms with Crippen LogP contribution in [0.1, 0.15) is 16.7 Å². The van der Waals surface area contributed by atoms with Crippen molar-refractivity contribution in [3.05, 3.63) is 52.6 Å². The highest BCUT2D eigenvalue weighted by molar-refractivity contribution is 7.71. The number of benzene rings is 1. The molecule has 0 fully saturated rings. The van der Waals surface area contributed by atoms with E-state index in [1.54, 1.807) is 12.2 Å². The van der Waals surface area contributed by atoms with Gasteiger partial charge in [0.2, 0.25) is 0 Å². The first-order chi connectivity index (χ1) is 8.60.